The molecular weight excluding hydrogens is 290 g/mol. The van der Waals surface area contributed by atoms with E-state index in [1.807, 2.05) is 6.07 Å². The molecule has 1 aromatic heterocycles. The molecule has 0 bridgehead atoms. The quantitative estimate of drug-likeness (QED) is 0.541. The van der Waals surface area contributed by atoms with Gasteiger partial charge in [-0.15, -0.1) is 16.8 Å². The highest BCUT2D eigenvalue weighted by Gasteiger charge is 2.08. The fraction of sp³-hybridized carbons (Fsp3) is 0.389. The number of nitrogens with one attached hydrogen (secondary N) is 1. The SMILES string of the molecule is C=CCNC(=O)CCc1nnc(CCCCc2ccccc2)o1. The van der Waals surface area contributed by atoms with Crippen molar-refractivity contribution in [2.45, 2.75) is 38.5 Å². The van der Waals surface area contributed by atoms with Crippen LogP contribution < -0.4 is 5.32 Å². The third-order valence-corrected chi connectivity index (χ3v) is 3.47. The van der Waals surface area contributed by atoms with Gasteiger partial charge in [-0.05, 0) is 24.8 Å². The van der Waals surface area contributed by atoms with Gasteiger partial charge in [0.15, 0.2) is 0 Å². The summed E-state index contributed by atoms with van der Waals surface area (Å²) in [6.07, 6.45) is 6.41. The van der Waals surface area contributed by atoms with Gasteiger partial charge in [0, 0.05) is 25.8 Å². The van der Waals surface area contributed by atoms with Crippen molar-refractivity contribution in [3.63, 3.8) is 0 Å². The van der Waals surface area contributed by atoms with Crippen molar-refractivity contribution < 1.29 is 9.21 Å². The number of unbranched alkanes of at least 4 members (excludes halogenated alkanes) is 1. The van der Waals surface area contributed by atoms with Crippen LogP contribution in [0, 0.1) is 0 Å². The maximum Gasteiger partial charge on any atom is 0.220 e. The molecule has 0 atom stereocenters. The molecule has 1 amide bonds. The van der Waals surface area contributed by atoms with E-state index in [9.17, 15) is 4.79 Å². The number of benzene rings is 1. The zero-order valence-electron chi connectivity index (χ0n) is 13.3. The minimum absolute atomic E-state index is 0.0347. The van der Waals surface area contributed by atoms with Crippen LogP contribution in [0.2, 0.25) is 0 Å². The van der Waals surface area contributed by atoms with E-state index in [0.29, 0.717) is 31.2 Å². The number of nitrogens with zero attached hydrogens (tertiary/aromatic N) is 2. The lowest BCUT2D eigenvalue weighted by molar-refractivity contribution is -0.120. The van der Waals surface area contributed by atoms with Crippen LogP contribution in [0.3, 0.4) is 0 Å². The van der Waals surface area contributed by atoms with Crippen LogP contribution >= 0.6 is 0 Å². The largest absolute Gasteiger partial charge is 0.425 e. The molecule has 0 radical (unpaired) electrons. The predicted octanol–water partition coefficient (Wildman–Crippen LogP) is 2.87. The average molecular weight is 313 g/mol. The van der Waals surface area contributed by atoms with Crippen LogP contribution in [-0.2, 0) is 24.1 Å². The summed E-state index contributed by atoms with van der Waals surface area (Å²) in [6, 6.07) is 10.4. The van der Waals surface area contributed by atoms with Gasteiger partial charge in [0.25, 0.3) is 0 Å². The Morgan fingerprint density at radius 2 is 1.78 bits per heavy atom. The Morgan fingerprint density at radius 3 is 2.52 bits per heavy atom. The highest BCUT2D eigenvalue weighted by molar-refractivity contribution is 5.76. The number of rotatable bonds is 10. The first kappa shape index (κ1) is 16.9. The Labute approximate surface area is 136 Å². The van der Waals surface area contributed by atoms with Crippen molar-refractivity contribution in [3.05, 3.63) is 60.3 Å². The maximum atomic E-state index is 11.5. The highest BCUT2D eigenvalue weighted by atomic mass is 16.4. The standard InChI is InChI=1S/C18H23N3O2/c1-2-14-19-16(22)12-13-18-21-20-17(23-18)11-7-6-10-15-8-4-3-5-9-15/h2-5,8-9H,1,6-7,10-14H2,(H,19,22). The summed E-state index contributed by atoms with van der Waals surface area (Å²) >= 11 is 0. The van der Waals surface area contributed by atoms with Gasteiger partial charge < -0.3 is 9.73 Å². The van der Waals surface area contributed by atoms with Crippen LogP contribution in [0.15, 0.2) is 47.4 Å². The average Bonchev–Trinajstić information content (AvgIpc) is 3.04. The van der Waals surface area contributed by atoms with Crippen LogP contribution in [-0.4, -0.2) is 22.6 Å². The van der Waals surface area contributed by atoms with Crippen molar-refractivity contribution in [1.82, 2.24) is 15.5 Å². The molecule has 1 heterocycles. The number of aromatic nitrogens is 2. The molecule has 0 saturated heterocycles. The summed E-state index contributed by atoms with van der Waals surface area (Å²) in [4.78, 5) is 11.5. The fourth-order valence-electron chi connectivity index (χ4n) is 2.24. The van der Waals surface area contributed by atoms with E-state index in [1.54, 1.807) is 6.08 Å². The lowest BCUT2D eigenvalue weighted by Gasteiger charge is -2.00. The van der Waals surface area contributed by atoms with Crippen LogP contribution in [0.25, 0.3) is 0 Å². The molecule has 0 saturated carbocycles. The van der Waals surface area contributed by atoms with Gasteiger partial charge in [-0.25, -0.2) is 0 Å². The van der Waals surface area contributed by atoms with E-state index in [1.165, 1.54) is 5.56 Å². The van der Waals surface area contributed by atoms with Crippen molar-refractivity contribution >= 4 is 5.91 Å². The second kappa shape index (κ2) is 9.56. The van der Waals surface area contributed by atoms with Crippen molar-refractivity contribution in [3.8, 4) is 0 Å². The number of aryl methyl sites for hydroxylation is 3. The molecule has 0 aliphatic heterocycles. The lowest BCUT2D eigenvalue weighted by Crippen LogP contribution is -2.23. The Bertz CT molecular complexity index is 608. The van der Waals surface area contributed by atoms with E-state index in [0.717, 1.165) is 25.7 Å². The van der Waals surface area contributed by atoms with E-state index in [-0.39, 0.29) is 5.91 Å². The molecule has 1 N–H and O–H groups in total. The van der Waals surface area contributed by atoms with E-state index >= 15 is 0 Å². The molecule has 2 aromatic rings. The Balaban J connectivity index is 1.64. The zero-order valence-corrected chi connectivity index (χ0v) is 13.3. The summed E-state index contributed by atoms with van der Waals surface area (Å²) in [6.45, 7) is 4.03. The third kappa shape index (κ3) is 6.46. The minimum atomic E-state index is -0.0347. The number of hydrogen-bond acceptors (Lipinski definition) is 4. The second-order valence-electron chi connectivity index (χ2n) is 5.37. The number of carbonyl (C=O) groups excluding carboxylic acids is 1. The van der Waals surface area contributed by atoms with Gasteiger partial charge in [-0.3, -0.25) is 4.79 Å². The smallest absolute Gasteiger partial charge is 0.220 e. The fourth-order valence-corrected chi connectivity index (χ4v) is 2.24. The first-order chi connectivity index (χ1) is 11.3. The van der Waals surface area contributed by atoms with Gasteiger partial charge >= 0.3 is 0 Å². The third-order valence-electron chi connectivity index (χ3n) is 3.47. The molecule has 122 valence electrons. The van der Waals surface area contributed by atoms with Gasteiger partial charge in [-0.2, -0.15) is 0 Å². The molecule has 23 heavy (non-hydrogen) atoms. The molecule has 0 aliphatic carbocycles. The summed E-state index contributed by atoms with van der Waals surface area (Å²) in [5.41, 5.74) is 1.35. The second-order valence-corrected chi connectivity index (χ2v) is 5.37. The number of carbonyl (C=O) groups is 1. The van der Waals surface area contributed by atoms with Gasteiger partial charge in [0.1, 0.15) is 0 Å². The maximum absolute atomic E-state index is 11.5. The molecule has 0 unspecified atom stereocenters. The Morgan fingerprint density at radius 1 is 1.09 bits per heavy atom. The van der Waals surface area contributed by atoms with Crippen LogP contribution in [0.5, 0.6) is 0 Å². The predicted molar refractivity (Wildman–Crippen MR) is 88.9 cm³/mol. The highest BCUT2D eigenvalue weighted by Crippen LogP contribution is 2.09. The van der Waals surface area contributed by atoms with Gasteiger partial charge in [0.2, 0.25) is 17.7 Å². The van der Waals surface area contributed by atoms with Crippen molar-refractivity contribution in [2.24, 2.45) is 0 Å². The number of hydrogen-bond donors (Lipinski definition) is 1. The van der Waals surface area contributed by atoms with Crippen molar-refractivity contribution in [2.75, 3.05) is 6.54 Å². The lowest BCUT2D eigenvalue weighted by atomic mass is 10.1. The van der Waals surface area contributed by atoms with Crippen molar-refractivity contribution in [1.29, 1.82) is 0 Å². The van der Waals surface area contributed by atoms with E-state index < -0.39 is 0 Å². The molecule has 0 fully saturated rings. The van der Waals surface area contributed by atoms with E-state index in [2.05, 4.69) is 46.4 Å². The Hall–Kier alpha value is -2.43. The molecular formula is C18H23N3O2. The molecule has 0 aliphatic rings. The molecule has 0 spiro atoms. The molecule has 1 aromatic carbocycles. The zero-order chi connectivity index (χ0) is 16.3. The molecule has 5 heteroatoms. The Kier molecular flexibility index (Phi) is 7.04. The number of amides is 1. The summed E-state index contributed by atoms with van der Waals surface area (Å²) < 4.78 is 5.57. The summed E-state index contributed by atoms with van der Waals surface area (Å²) in [7, 11) is 0. The molecule has 5 nitrogen and oxygen atoms in total. The van der Waals surface area contributed by atoms with Crippen LogP contribution in [0.4, 0.5) is 0 Å². The summed E-state index contributed by atoms with van der Waals surface area (Å²) in [5.74, 6) is 1.14. The van der Waals surface area contributed by atoms with Gasteiger partial charge in [-0.1, -0.05) is 36.4 Å². The molecule has 2 rings (SSSR count). The van der Waals surface area contributed by atoms with Crippen LogP contribution in [0.1, 0.15) is 36.6 Å². The monoisotopic (exact) mass is 313 g/mol. The first-order valence-corrected chi connectivity index (χ1v) is 8.00. The topological polar surface area (TPSA) is 68.0 Å². The first-order valence-electron chi connectivity index (χ1n) is 8.00. The normalized spacial score (nSPS) is 10.4. The summed E-state index contributed by atoms with van der Waals surface area (Å²) in [5, 5.41) is 10.7. The minimum Gasteiger partial charge on any atom is -0.425 e. The van der Waals surface area contributed by atoms with Gasteiger partial charge in [0.05, 0.1) is 0 Å². The van der Waals surface area contributed by atoms with E-state index in [4.69, 9.17) is 4.42 Å².